The minimum atomic E-state index is -0.478. The Morgan fingerprint density at radius 3 is 2.47 bits per heavy atom. The molecule has 1 aromatic heterocycles. The fourth-order valence-corrected chi connectivity index (χ4v) is 3.79. The largest absolute Gasteiger partial charge is 0.496 e. The van der Waals surface area contributed by atoms with Crippen molar-refractivity contribution in [2.24, 2.45) is 0 Å². The number of ether oxygens (including phenoxy) is 2. The van der Waals surface area contributed by atoms with Gasteiger partial charge in [0.25, 0.3) is 0 Å². The molecule has 156 valence electrons. The third-order valence-electron chi connectivity index (χ3n) is 5.36. The van der Waals surface area contributed by atoms with Crippen LogP contribution in [-0.4, -0.2) is 13.1 Å². The number of esters is 1. The van der Waals surface area contributed by atoms with Gasteiger partial charge in [-0.3, -0.25) is 4.79 Å². The van der Waals surface area contributed by atoms with Crippen molar-refractivity contribution in [1.29, 1.82) is 0 Å². The van der Waals surface area contributed by atoms with Gasteiger partial charge in [-0.05, 0) is 35.0 Å². The monoisotopic (exact) mass is 422 g/mol. The number of carbonyl (C=O) groups is 1. The van der Waals surface area contributed by atoms with Crippen LogP contribution in [0.25, 0.3) is 32.9 Å². The summed E-state index contributed by atoms with van der Waals surface area (Å²) in [4.78, 5) is 25.9. The number of benzene rings is 4. The Bertz CT molecular complexity index is 1530. The second kappa shape index (κ2) is 8.04. The van der Waals surface area contributed by atoms with E-state index in [0.29, 0.717) is 39.2 Å². The summed E-state index contributed by atoms with van der Waals surface area (Å²) in [5.74, 6) is 0.401. The quantitative estimate of drug-likeness (QED) is 0.269. The topological polar surface area (TPSA) is 65.7 Å². The number of carbonyl (C=O) groups excluding carboxylic acids is 1. The summed E-state index contributed by atoms with van der Waals surface area (Å²) >= 11 is 0. The van der Waals surface area contributed by atoms with E-state index < -0.39 is 5.97 Å². The molecule has 5 nitrogen and oxygen atoms in total. The molecule has 5 aromatic rings. The van der Waals surface area contributed by atoms with Crippen LogP contribution in [-0.2, 0) is 0 Å². The first kappa shape index (κ1) is 19.6. The van der Waals surface area contributed by atoms with Gasteiger partial charge in [0.05, 0.1) is 23.6 Å². The van der Waals surface area contributed by atoms with Gasteiger partial charge in [0.2, 0.25) is 5.43 Å². The van der Waals surface area contributed by atoms with E-state index in [1.165, 1.54) is 6.26 Å². The number of rotatable bonds is 4. The highest BCUT2D eigenvalue weighted by atomic mass is 16.5. The Kier molecular flexibility index (Phi) is 4.92. The average molecular weight is 422 g/mol. The molecular weight excluding hydrogens is 404 g/mol. The van der Waals surface area contributed by atoms with Gasteiger partial charge in [-0.2, -0.15) is 0 Å². The zero-order chi connectivity index (χ0) is 22.1. The third-order valence-corrected chi connectivity index (χ3v) is 5.36. The van der Waals surface area contributed by atoms with Crippen LogP contribution in [0.1, 0.15) is 10.4 Å². The maximum Gasteiger partial charge on any atom is 0.344 e. The molecule has 0 bridgehead atoms. The predicted octanol–water partition coefficient (Wildman–Crippen LogP) is 5.84. The molecule has 1 heterocycles. The van der Waals surface area contributed by atoms with Crippen LogP contribution in [0.4, 0.5) is 0 Å². The SMILES string of the molecule is COc1ccccc1-c1coc2cc(OC(=O)c3cccc4ccccc34)ccc2c1=O. The van der Waals surface area contributed by atoms with Crippen molar-refractivity contribution in [3.05, 3.63) is 107 Å². The Morgan fingerprint density at radius 2 is 1.59 bits per heavy atom. The minimum Gasteiger partial charge on any atom is -0.496 e. The van der Waals surface area contributed by atoms with Crippen molar-refractivity contribution in [1.82, 2.24) is 0 Å². The van der Waals surface area contributed by atoms with Gasteiger partial charge < -0.3 is 13.9 Å². The minimum absolute atomic E-state index is 0.192. The second-order valence-corrected chi connectivity index (χ2v) is 7.25. The maximum absolute atomic E-state index is 13.1. The summed E-state index contributed by atoms with van der Waals surface area (Å²) in [5.41, 5.74) is 1.66. The van der Waals surface area contributed by atoms with E-state index in [1.54, 1.807) is 43.5 Å². The van der Waals surface area contributed by atoms with Gasteiger partial charge >= 0.3 is 5.97 Å². The lowest BCUT2D eigenvalue weighted by Crippen LogP contribution is -2.10. The molecule has 0 fully saturated rings. The van der Waals surface area contributed by atoms with Crippen LogP contribution in [0.15, 0.2) is 100 Å². The molecule has 0 atom stereocenters. The highest BCUT2D eigenvalue weighted by Crippen LogP contribution is 2.30. The molecule has 0 saturated heterocycles. The molecule has 0 saturated carbocycles. The Morgan fingerprint density at radius 1 is 0.812 bits per heavy atom. The van der Waals surface area contributed by atoms with Gasteiger partial charge in [-0.1, -0.05) is 54.6 Å². The van der Waals surface area contributed by atoms with E-state index in [-0.39, 0.29) is 5.43 Å². The van der Waals surface area contributed by atoms with Crippen molar-refractivity contribution in [2.75, 3.05) is 7.11 Å². The molecule has 0 radical (unpaired) electrons. The molecule has 0 unspecified atom stereocenters. The zero-order valence-electron chi connectivity index (χ0n) is 17.2. The predicted molar refractivity (Wildman–Crippen MR) is 123 cm³/mol. The smallest absolute Gasteiger partial charge is 0.344 e. The van der Waals surface area contributed by atoms with Crippen LogP contribution in [0.3, 0.4) is 0 Å². The Hall–Kier alpha value is -4.38. The summed E-state index contributed by atoms with van der Waals surface area (Å²) in [6.45, 7) is 0. The van der Waals surface area contributed by atoms with Crippen molar-refractivity contribution >= 4 is 27.7 Å². The van der Waals surface area contributed by atoms with E-state index in [1.807, 2.05) is 48.5 Å². The van der Waals surface area contributed by atoms with Crippen molar-refractivity contribution in [3.8, 4) is 22.6 Å². The summed E-state index contributed by atoms with van der Waals surface area (Å²) < 4.78 is 16.7. The van der Waals surface area contributed by atoms with Crippen LogP contribution < -0.4 is 14.9 Å². The van der Waals surface area contributed by atoms with E-state index in [0.717, 1.165) is 10.8 Å². The number of methoxy groups -OCH3 is 1. The van der Waals surface area contributed by atoms with Crippen LogP contribution in [0.2, 0.25) is 0 Å². The van der Waals surface area contributed by atoms with Crippen molar-refractivity contribution in [3.63, 3.8) is 0 Å². The molecule has 0 spiro atoms. The van der Waals surface area contributed by atoms with Gasteiger partial charge in [-0.15, -0.1) is 0 Å². The fourth-order valence-electron chi connectivity index (χ4n) is 3.79. The molecule has 5 heteroatoms. The van der Waals surface area contributed by atoms with Crippen LogP contribution >= 0.6 is 0 Å². The summed E-state index contributed by atoms with van der Waals surface area (Å²) in [6, 6.07) is 25.1. The fraction of sp³-hybridized carbons (Fsp3) is 0.0370. The number of hydrogen-bond donors (Lipinski definition) is 0. The standard InChI is InChI=1S/C27H18O5/c1-30-24-12-5-4-10-20(24)23-16-31-25-15-18(13-14-22(25)26(23)28)32-27(29)21-11-6-8-17-7-2-3-9-19(17)21/h2-16H,1H3. The first-order valence-electron chi connectivity index (χ1n) is 10.0. The van der Waals surface area contributed by atoms with Crippen LogP contribution in [0, 0.1) is 0 Å². The number of fused-ring (bicyclic) bond motifs is 2. The Balaban J connectivity index is 1.50. The highest BCUT2D eigenvalue weighted by molar-refractivity contribution is 6.05. The van der Waals surface area contributed by atoms with E-state index in [2.05, 4.69) is 0 Å². The number of para-hydroxylation sites is 1. The van der Waals surface area contributed by atoms with Crippen LogP contribution in [0.5, 0.6) is 11.5 Å². The molecule has 5 rings (SSSR count). The van der Waals surface area contributed by atoms with E-state index in [9.17, 15) is 9.59 Å². The molecule has 0 aliphatic carbocycles. The molecule has 32 heavy (non-hydrogen) atoms. The lowest BCUT2D eigenvalue weighted by molar-refractivity contribution is 0.0737. The third kappa shape index (κ3) is 3.40. The lowest BCUT2D eigenvalue weighted by Gasteiger charge is -2.09. The van der Waals surface area contributed by atoms with E-state index >= 15 is 0 Å². The molecule has 0 aliphatic rings. The molecular formula is C27H18O5. The molecule has 0 aliphatic heterocycles. The molecule has 0 N–H and O–H groups in total. The average Bonchev–Trinajstić information content (AvgIpc) is 2.84. The van der Waals surface area contributed by atoms with Gasteiger partial charge in [0.15, 0.2) is 0 Å². The van der Waals surface area contributed by atoms with Gasteiger partial charge in [-0.25, -0.2) is 4.79 Å². The van der Waals surface area contributed by atoms with Gasteiger partial charge in [0.1, 0.15) is 23.3 Å². The van der Waals surface area contributed by atoms with E-state index in [4.69, 9.17) is 13.9 Å². The van der Waals surface area contributed by atoms with Crippen molar-refractivity contribution < 1.29 is 18.7 Å². The molecule has 0 amide bonds. The molecule has 4 aromatic carbocycles. The number of hydrogen-bond acceptors (Lipinski definition) is 5. The first-order valence-corrected chi connectivity index (χ1v) is 10.0. The summed E-state index contributed by atoms with van der Waals surface area (Å²) in [5, 5.41) is 2.16. The Labute approximate surface area is 183 Å². The normalized spacial score (nSPS) is 10.9. The summed E-state index contributed by atoms with van der Waals surface area (Å²) in [7, 11) is 1.55. The summed E-state index contributed by atoms with van der Waals surface area (Å²) in [6.07, 6.45) is 1.40. The second-order valence-electron chi connectivity index (χ2n) is 7.25. The van der Waals surface area contributed by atoms with Gasteiger partial charge in [0, 0.05) is 11.6 Å². The maximum atomic E-state index is 13.1. The lowest BCUT2D eigenvalue weighted by atomic mass is 10.0. The first-order chi connectivity index (χ1) is 15.7. The zero-order valence-corrected chi connectivity index (χ0v) is 17.2. The highest BCUT2D eigenvalue weighted by Gasteiger charge is 2.16. The van der Waals surface area contributed by atoms with Crippen molar-refractivity contribution in [2.45, 2.75) is 0 Å².